The first kappa shape index (κ1) is 21.9. The van der Waals surface area contributed by atoms with E-state index in [1.54, 1.807) is 24.1 Å². The molecule has 0 saturated carbocycles. The molecule has 1 saturated heterocycles. The van der Waals surface area contributed by atoms with Crippen LogP contribution < -0.4 is 5.32 Å². The molecule has 7 heteroatoms. The van der Waals surface area contributed by atoms with Crippen molar-refractivity contribution in [1.29, 1.82) is 0 Å². The Balaban J connectivity index is 1.22. The lowest BCUT2D eigenvalue weighted by atomic mass is 9.96. The molecule has 0 unspecified atom stereocenters. The van der Waals surface area contributed by atoms with Crippen LogP contribution in [0.2, 0.25) is 0 Å². The van der Waals surface area contributed by atoms with Crippen molar-refractivity contribution >= 4 is 22.7 Å². The Hall–Kier alpha value is -3.87. The first-order valence-corrected chi connectivity index (χ1v) is 11.8. The van der Waals surface area contributed by atoms with Gasteiger partial charge < -0.3 is 14.8 Å². The summed E-state index contributed by atoms with van der Waals surface area (Å²) in [6.07, 6.45) is 5.06. The highest BCUT2D eigenvalue weighted by Crippen LogP contribution is 2.28. The van der Waals surface area contributed by atoms with Gasteiger partial charge in [-0.1, -0.05) is 48.5 Å². The highest BCUT2D eigenvalue weighted by Gasteiger charge is 2.24. The van der Waals surface area contributed by atoms with E-state index in [1.807, 2.05) is 35.2 Å². The molecule has 0 spiro atoms. The summed E-state index contributed by atoms with van der Waals surface area (Å²) in [6.45, 7) is 2.37. The van der Waals surface area contributed by atoms with Gasteiger partial charge in [0.1, 0.15) is 6.54 Å². The first-order valence-electron chi connectivity index (χ1n) is 11.8. The van der Waals surface area contributed by atoms with E-state index in [1.165, 1.54) is 0 Å². The Morgan fingerprint density at radius 2 is 1.76 bits per heavy atom. The van der Waals surface area contributed by atoms with Crippen molar-refractivity contribution in [3.05, 3.63) is 78.6 Å². The van der Waals surface area contributed by atoms with Gasteiger partial charge in [0.15, 0.2) is 0 Å². The van der Waals surface area contributed by atoms with Crippen LogP contribution in [-0.4, -0.2) is 50.7 Å². The van der Waals surface area contributed by atoms with Gasteiger partial charge in [-0.15, -0.1) is 0 Å². The predicted octanol–water partition coefficient (Wildman–Crippen LogP) is 3.71. The second-order valence-corrected chi connectivity index (χ2v) is 8.98. The van der Waals surface area contributed by atoms with Gasteiger partial charge in [-0.05, 0) is 36.5 Å². The number of carbonyl (C=O) groups excluding carboxylic acids is 2. The summed E-state index contributed by atoms with van der Waals surface area (Å²) in [7, 11) is 1.79. The van der Waals surface area contributed by atoms with E-state index >= 15 is 0 Å². The molecule has 174 valence electrons. The molecule has 1 N–H and O–H groups in total. The minimum absolute atomic E-state index is 0.0977. The molecule has 2 amide bonds. The van der Waals surface area contributed by atoms with Gasteiger partial charge in [0.2, 0.25) is 5.91 Å². The zero-order chi connectivity index (χ0) is 23.5. The largest absolute Gasteiger partial charge is 0.352 e. The molecule has 3 heterocycles. The van der Waals surface area contributed by atoms with Gasteiger partial charge in [-0.3, -0.25) is 14.3 Å². The van der Waals surface area contributed by atoms with Gasteiger partial charge in [0, 0.05) is 49.5 Å². The van der Waals surface area contributed by atoms with Crippen LogP contribution >= 0.6 is 0 Å². The Kier molecular flexibility index (Phi) is 6.16. The normalized spacial score (nSPS) is 14.4. The number of carbonyl (C=O) groups is 2. The van der Waals surface area contributed by atoms with Crippen molar-refractivity contribution in [2.24, 2.45) is 13.0 Å². The van der Waals surface area contributed by atoms with Crippen molar-refractivity contribution in [2.75, 3.05) is 19.6 Å². The molecule has 1 aliphatic rings. The van der Waals surface area contributed by atoms with Gasteiger partial charge >= 0.3 is 0 Å². The van der Waals surface area contributed by atoms with Gasteiger partial charge in [0.05, 0.1) is 11.8 Å². The zero-order valence-electron chi connectivity index (χ0n) is 19.4. The first-order chi connectivity index (χ1) is 16.6. The third-order valence-electron chi connectivity index (χ3n) is 6.66. The molecular formula is C27H29N5O2. The highest BCUT2D eigenvalue weighted by atomic mass is 16.2. The number of aryl methyl sites for hydroxylation is 1. The SMILES string of the molecule is Cn1cc(C(=O)NCC2CCN(C(=O)Cn3c(-c4ccccc4)cc4ccccc43)CC2)cn1. The van der Waals surface area contributed by atoms with E-state index in [4.69, 9.17) is 0 Å². The number of hydrogen-bond donors (Lipinski definition) is 1. The molecule has 1 aliphatic heterocycles. The molecular weight excluding hydrogens is 426 g/mol. The summed E-state index contributed by atoms with van der Waals surface area (Å²) in [5, 5.41) is 8.19. The number of rotatable bonds is 6. The van der Waals surface area contributed by atoms with Crippen molar-refractivity contribution < 1.29 is 9.59 Å². The molecule has 0 bridgehead atoms. The van der Waals surface area contributed by atoms with Crippen molar-refractivity contribution in [3.8, 4) is 11.3 Å². The number of fused-ring (bicyclic) bond motifs is 1. The van der Waals surface area contributed by atoms with E-state index in [-0.39, 0.29) is 11.8 Å². The fourth-order valence-corrected chi connectivity index (χ4v) is 4.73. The summed E-state index contributed by atoms with van der Waals surface area (Å²) in [6, 6.07) is 20.6. The molecule has 0 atom stereocenters. The number of hydrogen-bond acceptors (Lipinski definition) is 3. The minimum atomic E-state index is -0.0977. The molecule has 34 heavy (non-hydrogen) atoms. The lowest BCUT2D eigenvalue weighted by molar-refractivity contribution is -0.133. The fraction of sp³-hybridized carbons (Fsp3) is 0.296. The molecule has 0 radical (unpaired) electrons. The Morgan fingerprint density at radius 1 is 1.03 bits per heavy atom. The zero-order valence-corrected chi connectivity index (χ0v) is 19.4. The number of amides is 2. The van der Waals surface area contributed by atoms with Crippen LogP contribution in [0, 0.1) is 5.92 Å². The van der Waals surface area contributed by atoms with Gasteiger partial charge in [-0.2, -0.15) is 5.10 Å². The maximum atomic E-state index is 13.3. The van der Waals surface area contributed by atoms with Crippen LogP contribution in [0.5, 0.6) is 0 Å². The third kappa shape index (κ3) is 4.59. The number of benzene rings is 2. The van der Waals surface area contributed by atoms with E-state index in [0.717, 1.165) is 35.0 Å². The van der Waals surface area contributed by atoms with Gasteiger partial charge in [0.25, 0.3) is 5.91 Å². The summed E-state index contributed by atoms with van der Waals surface area (Å²) in [4.78, 5) is 27.5. The quantitative estimate of drug-likeness (QED) is 0.482. The summed E-state index contributed by atoms with van der Waals surface area (Å²) >= 11 is 0. The molecule has 0 aliphatic carbocycles. The van der Waals surface area contributed by atoms with Gasteiger partial charge in [-0.25, -0.2) is 0 Å². The van der Waals surface area contributed by atoms with E-state index in [9.17, 15) is 9.59 Å². The summed E-state index contributed by atoms with van der Waals surface area (Å²) in [5.74, 6) is 0.410. The van der Waals surface area contributed by atoms with Crippen LogP contribution in [0.3, 0.4) is 0 Å². The number of piperidine rings is 1. The van der Waals surface area contributed by atoms with Crippen LogP contribution in [0.25, 0.3) is 22.2 Å². The standard InChI is InChI=1S/C27H29N5O2/c1-30-18-23(17-29-30)27(34)28-16-20-11-13-31(14-12-20)26(33)19-32-24-10-6-5-9-22(24)15-25(32)21-7-3-2-4-8-21/h2-10,15,17-18,20H,11-14,16,19H2,1H3,(H,28,34). The second-order valence-electron chi connectivity index (χ2n) is 8.98. The smallest absolute Gasteiger partial charge is 0.254 e. The Bertz CT molecular complexity index is 1300. The number of para-hydroxylation sites is 1. The van der Waals surface area contributed by atoms with Crippen LogP contribution in [0.1, 0.15) is 23.2 Å². The number of aromatic nitrogens is 3. The van der Waals surface area contributed by atoms with Crippen molar-refractivity contribution in [3.63, 3.8) is 0 Å². The summed E-state index contributed by atoms with van der Waals surface area (Å²) < 4.78 is 3.75. The molecule has 2 aromatic heterocycles. The van der Waals surface area contributed by atoms with Crippen LogP contribution in [0.15, 0.2) is 73.1 Å². The van der Waals surface area contributed by atoms with Crippen molar-refractivity contribution in [1.82, 2.24) is 24.6 Å². The van der Waals surface area contributed by atoms with Crippen molar-refractivity contribution in [2.45, 2.75) is 19.4 Å². The monoisotopic (exact) mass is 455 g/mol. The minimum Gasteiger partial charge on any atom is -0.352 e. The number of nitrogens with zero attached hydrogens (tertiary/aromatic N) is 4. The molecule has 2 aromatic carbocycles. The van der Waals surface area contributed by atoms with E-state index in [2.05, 4.69) is 45.3 Å². The maximum absolute atomic E-state index is 13.3. The average molecular weight is 456 g/mol. The average Bonchev–Trinajstić information content (AvgIpc) is 3.47. The molecule has 7 nitrogen and oxygen atoms in total. The Morgan fingerprint density at radius 3 is 2.50 bits per heavy atom. The maximum Gasteiger partial charge on any atom is 0.254 e. The van der Waals surface area contributed by atoms with Crippen LogP contribution in [-0.2, 0) is 18.4 Å². The van der Waals surface area contributed by atoms with Crippen LogP contribution in [0.4, 0.5) is 0 Å². The third-order valence-corrected chi connectivity index (χ3v) is 6.66. The summed E-state index contributed by atoms with van der Waals surface area (Å²) in [5.41, 5.74) is 3.81. The number of nitrogens with one attached hydrogen (secondary N) is 1. The van der Waals surface area contributed by atoms with E-state index < -0.39 is 0 Å². The lowest BCUT2D eigenvalue weighted by Gasteiger charge is -2.32. The molecule has 4 aromatic rings. The molecule has 1 fully saturated rings. The topological polar surface area (TPSA) is 72.2 Å². The second kappa shape index (κ2) is 9.55. The predicted molar refractivity (Wildman–Crippen MR) is 132 cm³/mol. The van der Waals surface area contributed by atoms with E-state index in [0.29, 0.717) is 37.7 Å². The number of likely N-dealkylation sites (tertiary alicyclic amines) is 1. The Labute approximate surface area is 199 Å². The lowest BCUT2D eigenvalue weighted by Crippen LogP contribution is -2.42. The fourth-order valence-electron chi connectivity index (χ4n) is 4.73. The highest BCUT2D eigenvalue weighted by molar-refractivity contribution is 5.93. The molecule has 5 rings (SSSR count).